The van der Waals surface area contributed by atoms with Gasteiger partial charge in [-0.3, -0.25) is 9.59 Å². The number of carbonyl (C=O) groups excluding carboxylic acids is 2. The summed E-state index contributed by atoms with van der Waals surface area (Å²) in [6, 6.07) is 3.13. The number of H-pyrrole nitrogens is 1. The number of carbonyl (C=O) groups is 2. The van der Waals surface area contributed by atoms with Gasteiger partial charge in [-0.1, -0.05) is 23.2 Å². The topological polar surface area (TPSA) is 123 Å². The highest BCUT2D eigenvalue weighted by molar-refractivity contribution is 6.44. The van der Waals surface area contributed by atoms with Crippen LogP contribution in [0.3, 0.4) is 0 Å². The number of anilines is 1. The number of aryl methyl sites for hydroxylation is 1. The van der Waals surface area contributed by atoms with Gasteiger partial charge in [0.1, 0.15) is 18.1 Å². The highest BCUT2D eigenvalue weighted by atomic mass is 35.5. The van der Waals surface area contributed by atoms with Gasteiger partial charge in [0.05, 0.1) is 16.7 Å². The van der Waals surface area contributed by atoms with E-state index < -0.39 is 5.91 Å². The Morgan fingerprint density at radius 3 is 2.55 bits per heavy atom. The van der Waals surface area contributed by atoms with Crippen molar-refractivity contribution in [2.75, 3.05) is 38.3 Å². The van der Waals surface area contributed by atoms with E-state index >= 15 is 0 Å². The van der Waals surface area contributed by atoms with Crippen LogP contribution in [0.5, 0.6) is 5.88 Å². The van der Waals surface area contributed by atoms with Crippen LogP contribution in [-0.4, -0.2) is 61.2 Å². The van der Waals surface area contributed by atoms with Crippen molar-refractivity contribution in [1.82, 2.24) is 15.3 Å². The molecule has 2 aromatic heterocycles. The second-order valence-corrected chi connectivity index (χ2v) is 8.00. The van der Waals surface area contributed by atoms with E-state index in [9.17, 15) is 9.59 Å². The molecule has 3 heterocycles. The molecule has 0 aromatic carbocycles. The second kappa shape index (κ2) is 10.2. The molecule has 0 aliphatic carbocycles. The molecular formula is C20H25Cl2N5O4. The van der Waals surface area contributed by atoms with Gasteiger partial charge in [0.15, 0.2) is 0 Å². The molecule has 11 heteroatoms. The van der Waals surface area contributed by atoms with Gasteiger partial charge in [0.2, 0.25) is 11.8 Å². The molecular weight excluding hydrogens is 445 g/mol. The van der Waals surface area contributed by atoms with Gasteiger partial charge in [0.25, 0.3) is 5.91 Å². The zero-order chi connectivity index (χ0) is 22.5. The number of pyridine rings is 1. The maximum atomic E-state index is 12.6. The Hall–Kier alpha value is -2.49. The van der Waals surface area contributed by atoms with Gasteiger partial charge in [0, 0.05) is 43.6 Å². The number of aromatic amines is 1. The molecule has 1 aliphatic heterocycles. The average molecular weight is 470 g/mol. The van der Waals surface area contributed by atoms with Gasteiger partial charge in [-0.15, -0.1) is 0 Å². The molecule has 0 spiro atoms. The monoisotopic (exact) mass is 469 g/mol. The van der Waals surface area contributed by atoms with Crippen LogP contribution in [0.15, 0.2) is 12.1 Å². The van der Waals surface area contributed by atoms with Crippen molar-refractivity contribution in [3.8, 4) is 5.88 Å². The van der Waals surface area contributed by atoms with Crippen molar-refractivity contribution in [3.63, 3.8) is 0 Å². The zero-order valence-corrected chi connectivity index (χ0v) is 18.8. The van der Waals surface area contributed by atoms with Crippen molar-refractivity contribution >= 4 is 40.8 Å². The average Bonchev–Trinajstić information content (AvgIpc) is 3.01. The van der Waals surface area contributed by atoms with E-state index in [2.05, 4.69) is 15.3 Å². The Labute approximate surface area is 190 Å². The van der Waals surface area contributed by atoms with Crippen LogP contribution in [0, 0.1) is 6.92 Å². The number of primary amides is 1. The van der Waals surface area contributed by atoms with Crippen LogP contribution >= 0.6 is 23.2 Å². The van der Waals surface area contributed by atoms with Crippen molar-refractivity contribution in [2.45, 2.75) is 25.8 Å². The molecule has 0 saturated carbocycles. The summed E-state index contributed by atoms with van der Waals surface area (Å²) >= 11 is 12.2. The number of amides is 2. The number of halogens is 2. The number of rotatable bonds is 8. The summed E-state index contributed by atoms with van der Waals surface area (Å²) in [6.07, 6.45) is 1.39. The van der Waals surface area contributed by atoms with Gasteiger partial charge in [-0.25, -0.2) is 0 Å². The van der Waals surface area contributed by atoms with Crippen LogP contribution in [0.4, 0.5) is 5.82 Å². The molecule has 0 unspecified atom stereocenters. The number of aromatic nitrogens is 2. The first-order chi connectivity index (χ1) is 14.8. The lowest BCUT2D eigenvalue weighted by Gasteiger charge is -2.33. The minimum atomic E-state index is -0.556. The Bertz CT molecular complexity index is 957. The van der Waals surface area contributed by atoms with Crippen LogP contribution in [0.1, 0.15) is 39.4 Å². The van der Waals surface area contributed by atoms with E-state index in [1.165, 1.54) is 6.07 Å². The Kier molecular flexibility index (Phi) is 7.64. The smallest absolute Gasteiger partial charge is 0.269 e. The number of ether oxygens (including phenoxy) is 2. The summed E-state index contributed by atoms with van der Waals surface area (Å²) in [5, 5.41) is 3.57. The number of piperidine rings is 1. The minimum absolute atomic E-state index is 0.0288. The van der Waals surface area contributed by atoms with Crippen LogP contribution in [-0.2, 0) is 4.74 Å². The van der Waals surface area contributed by atoms with Gasteiger partial charge in [-0.2, -0.15) is 4.98 Å². The molecule has 2 aromatic rings. The SMILES string of the molecule is COCCOc1cc(C(N)=O)cc(N2CCC(NC(=O)c3[nH]c(C)c(Cl)c3Cl)CC2)n1. The third-order valence-corrected chi connectivity index (χ3v) is 5.99. The first kappa shape index (κ1) is 23.2. The van der Waals surface area contributed by atoms with Crippen molar-refractivity contribution in [1.29, 1.82) is 0 Å². The largest absolute Gasteiger partial charge is 0.475 e. The standard InChI is InChI=1S/C20H25Cl2N5O4/c1-11-16(21)17(22)18(24-11)20(29)25-13-3-5-27(6-4-13)14-9-12(19(23)28)10-15(26-14)31-8-7-30-2/h9-10,13,24H,3-8H2,1-2H3,(H2,23,28)(H,25,29). The Balaban J connectivity index is 1.63. The van der Waals surface area contributed by atoms with Crippen LogP contribution < -0.4 is 20.7 Å². The quantitative estimate of drug-likeness (QED) is 0.510. The number of methoxy groups -OCH3 is 1. The van der Waals surface area contributed by atoms with Crippen molar-refractivity contribution in [3.05, 3.63) is 39.1 Å². The molecule has 9 nitrogen and oxygen atoms in total. The van der Waals surface area contributed by atoms with Crippen molar-refractivity contribution in [2.24, 2.45) is 5.73 Å². The lowest BCUT2D eigenvalue weighted by atomic mass is 10.0. The molecule has 0 radical (unpaired) electrons. The zero-order valence-electron chi connectivity index (χ0n) is 17.3. The normalized spacial score (nSPS) is 14.5. The lowest BCUT2D eigenvalue weighted by Crippen LogP contribution is -2.45. The van der Waals surface area contributed by atoms with E-state index in [0.29, 0.717) is 67.1 Å². The maximum absolute atomic E-state index is 12.6. The summed E-state index contributed by atoms with van der Waals surface area (Å²) in [6.45, 7) is 3.73. The number of nitrogens with one attached hydrogen (secondary N) is 2. The number of nitrogens with zero attached hydrogens (tertiary/aromatic N) is 2. The number of hydrogen-bond acceptors (Lipinski definition) is 6. The molecule has 168 valence electrons. The first-order valence-corrected chi connectivity index (χ1v) is 10.6. The summed E-state index contributed by atoms with van der Waals surface area (Å²) in [7, 11) is 1.57. The maximum Gasteiger partial charge on any atom is 0.269 e. The van der Waals surface area contributed by atoms with Gasteiger partial charge < -0.3 is 30.4 Å². The molecule has 0 atom stereocenters. The van der Waals surface area contributed by atoms with E-state index in [-0.39, 0.29) is 22.7 Å². The fourth-order valence-electron chi connectivity index (χ4n) is 3.34. The Morgan fingerprint density at radius 2 is 1.97 bits per heavy atom. The number of nitrogens with two attached hydrogens (primary N) is 1. The summed E-state index contributed by atoms with van der Waals surface area (Å²) in [4.78, 5) is 33.7. The van der Waals surface area contributed by atoms with Gasteiger partial charge >= 0.3 is 0 Å². The predicted octanol–water partition coefficient (Wildman–Crippen LogP) is 2.55. The predicted molar refractivity (Wildman–Crippen MR) is 118 cm³/mol. The first-order valence-electron chi connectivity index (χ1n) is 9.83. The van der Waals surface area contributed by atoms with Crippen LogP contribution in [0.25, 0.3) is 0 Å². The molecule has 2 amide bonds. The Morgan fingerprint density at radius 1 is 1.26 bits per heavy atom. The summed E-state index contributed by atoms with van der Waals surface area (Å²) in [5.74, 6) is 0.0658. The molecule has 31 heavy (non-hydrogen) atoms. The molecule has 1 saturated heterocycles. The fraction of sp³-hybridized carbons (Fsp3) is 0.450. The third kappa shape index (κ3) is 5.61. The summed E-state index contributed by atoms with van der Waals surface area (Å²) < 4.78 is 10.5. The van der Waals surface area contributed by atoms with Gasteiger partial charge in [-0.05, 0) is 25.8 Å². The van der Waals surface area contributed by atoms with E-state index in [4.69, 9.17) is 38.4 Å². The summed E-state index contributed by atoms with van der Waals surface area (Å²) in [5.41, 5.74) is 6.69. The highest BCUT2D eigenvalue weighted by Gasteiger charge is 2.25. The van der Waals surface area contributed by atoms with Crippen molar-refractivity contribution < 1.29 is 19.1 Å². The fourth-order valence-corrected chi connectivity index (χ4v) is 3.75. The molecule has 1 fully saturated rings. The molecule has 3 rings (SSSR count). The second-order valence-electron chi connectivity index (χ2n) is 7.25. The van der Waals surface area contributed by atoms with E-state index in [0.717, 1.165) is 0 Å². The third-order valence-electron chi connectivity index (χ3n) is 5.05. The molecule has 4 N–H and O–H groups in total. The molecule has 1 aliphatic rings. The van der Waals surface area contributed by atoms with Crippen LogP contribution in [0.2, 0.25) is 10.0 Å². The highest BCUT2D eigenvalue weighted by Crippen LogP contribution is 2.29. The van der Waals surface area contributed by atoms with E-state index in [1.54, 1.807) is 20.1 Å². The lowest BCUT2D eigenvalue weighted by molar-refractivity contribution is 0.0925. The number of hydrogen-bond donors (Lipinski definition) is 3. The molecule has 0 bridgehead atoms. The minimum Gasteiger partial charge on any atom is -0.475 e. The van der Waals surface area contributed by atoms with E-state index in [1.807, 2.05) is 4.90 Å².